The molecule has 0 aliphatic heterocycles. The minimum atomic E-state index is -0.0503. The molecule has 0 aromatic heterocycles. The van der Waals surface area contributed by atoms with Gasteiger partial charge in [-0.05, 0) is 197 Å². The molecule has 8 heteroatoms. The van der Waals surface area contributed by atoms with E-state index >= 15 is 0 Å². The van der Waals surface area contributed by atoms with Crippen LogP contribution in [0.5, 0.6) is 0 Å². The Hall–Kier alpha value is -6.76. The van der Waals surface area contributed by atoms with Gasteiger partial charge in [0, 0.05) is 78.3 Å². The Morgan fingerprint density at radius 3 is 0.444 bits per heavy atom. The fourth-order valence-electron chi connectivity index (χ4n) is 11.9. The Bertz CT molecular complexity index is 4750. The zero-order chi connectivity index (χ0) is 78.7. The van der Waals surface area contributed by atoms with Gasteiger partial charge in [-0.3, -0.25) is 0 Å². The summed E-state index contributed by atoms with van der Waals surface area (Å²) in [7, 11) is 0. The first kappa shape index (κ1) is 83.7. The largest absolute Gasteiger partial charge is 0.115 e. The van der Waals surface area contributed by atoms with Crippen molar-refractivity contribution in [2.75, 3.05) is 0 Å². The Morgan fingerprint density at radius 1 is 0.176 bits per heavy atom. The van der Waals surface area contributed by atoms with Crippen LogP contribution >= 0.6 is 94.1 Å². The molecular formula is C100H106S8. The highest BCUT2D eigenvalue weighted by Crippen LogP contribution is 2.56. The smallest absolute Gasteiger partial charge is 0.0559 e. The second-order valence-electron chi connectivity index (χ2n) is 35.9. The molecular weight excluding hydrogens is 1460 g/mol. The second-order valence-corrected chi connectivity index (χ2v) is 44.6. The van der Waals surface area contributed by atoms with Crippen molar-refractivity contribution in [1.82, 2.24) is 0 Å². The van der Waals surface area contributed by atoms with Gasteiger partial charge >= 0.3 is 0 Å². The van der Waals surface area contributed by atoms with Crippen LogP contribution in [0, 0.1) is 48.4 Å². The Kier molecular flexibility index (Phi) is 26.1. The van der Waals surface area contributed by atoms with Gasteiger partial charge in [-0.2, -0.15) is 0 Å². The summed E-state index contributed by atoms with van der Waals surface area (Å²) in [6.07, 6.45) is 14.3. The van der Waals surface area contributed by atoms with Gasteiger partial charge in [0.15, 0.2) is 0 Å². The van der Waals surface area contributed by atoms with Crippen molar-refractivity contribution in [2.45, 2.75) is 288 Å². The first-order valence-corrected chi connectivity index (χ1v) is 43.7. The maximum absolute atomic E-state index is 7.14. The molecule has 0 amide bonds. The molecule has 0 saturated carbocycles. The summed E-state index contributed by atoms with van der Waals surface area (Å²) in [6.45, 7) is 54.4. The molecule has 0 aliphatic carbocycles. The highest BCUT2D eigenvalue weighted by Gasteiger charge is 2.31. The molecule has 0 saturated heterocycles. The number of terminal acetylenes is 2. The van der Waals surface area contributed by atoms with Crippen molar-refractivity contribution < 1.29 is 0 Å². The van der Waals surface area contributed by atoms with E-state index in [4.69, 9.17) is 12.8 Å². The molecule has 108 heavy (non-hydrogen) atoms. The van der Waals surface area contributed by atoms with E-state index < -0.39 is 0 Å². The van der Waals surface area contributed by atoms with Crippen LogP contribution in [0.15, 0.2) is 272 Å². The third-order valence-corrected chi connectivity index (χ3v) is 28.4. The first-order valence-electron chi connectivity index (χ1n) is 37.2. The molecule has 0 spiro atoms. The second kappa shape index (κ2) is 33.7. The van der Waals surface area contributed by atoms with E-state index in [2.05, 4.69) is 396 Å². The highest BCUT2D eigenvalue weighted by atomic mass is 32.2. The average molecular weight is 1560 g/mol. The van der Waals surface area contributed by atoms with Crippen molar-refractivity contribution in [1.29, 1.82) is 0 Å². The summed E-state index contributed by atoms with van der Waals surface area (Å²) >= 11 is 13.8. The van der Waals surface area contributed by atoms with E-state index in [0.29, 0.717) is 0 Å². The van der Waals surface area contributed by atoms with Gasteiger partial charge in [-0.15, -0.1) is 12.8 Å². The molecule has 0 unspecified atom stereocenters. The molecule has 0 N–H and O–H groups in total. The monoisotopic (exact) mass is 1560 g/mol. The van der Waals surface area contributed by atoms with Crippen LogP contribution in [-0.2, 0) is 43.3 Å². The molecule has 0 nitrogen and oxygen atoms in total. The van der Waals surface area contributed by atoms with Crippen LogP contribution in [0.2, 0.25) is 0 Å². The molecule has 0 aliphatic rings. The van der Waals surface area contributed by atoms with Crippen molar-refractivity contribution in [3.8, 4) is 48.4 Å². The number of rotatable bonds is 16. The van der Waals surface area contributed by atoms with Crippen LogP contribution in [0.25, 0.3) is 0 Å². The summed E-state index contributed by atoms with van der Waals surface area (Å²) in [6, 6.07) is 72.4. The maximum atomic E-state index is 7.14. The van der Waals surface area contributed by atoms with Crippen molar-refractivity contribution in [3.05, 3.63) is 261 Å². The lowest BCUT2D eigenvalue weighted by Gasteiger charge is -2.24. The van der Waals surface area contributed by atoms with Gasteiger partial charge in [0.25, 0.3) is 0 Å². The standard InChI is InChI=1S/C100H106S8/c1-27-81-85(101-73-49-33-65(34-50-73)93(3,4)5)83(89(105-77-57-41-69(42-58-77)97(15,16)17)91(107-79-61-45-71(46-62-79)99(21,22)23)87(81)103-75-53-37-67(38-54-75)95(9,10)11)31-29-30-32-84-86(102-74-51-35-66(36-52-74)94(6,7)8)82(28-2)88(104-76-55-39-68(40-56-76)96(12,13)14)92(108-80-63-47-72(48-64-80)100(24,25)26)90(84)106-78-59-43-70(44-60-78)98(18,19)20/h1-2,33-64H,3-26H3. The Morgan fingerprint density at radius 2 is 0.306 bits per heavy atom. The van der Waals surface area contributed by atoms with Gasteiger partial charge < -0.3 is 0 Å². The van der Waals surface area contributed by atoms with Crippen molar-refractivity contribution >= 4 is 94.1 Å². The van der Waals surface area contributed by atoms with Gasteiger partial charge in [0.1, 0.15) is 0 Å². The lowest BCUT2D eigenvalue weighted by molar-refractivity contribution is 0.589. The fraction of sp³-hybridized carbons (Fsp3) is 0.320. The zero-order valence-corrected chi connectivity index (χ0v) is 74.4. The van der Waals surface area contributed by atoms with Crippen molar-refractivity contribution in [2.24, 2.45) is 0 Å². The molecule has 10 aromatic rings. The maximum Gasteiger partial charge on any atom is 0.0559 e. The third kappa shape index (κ3) is 21.3. The summed E-state index contributed by atoms with van der Waals surface area (Å²) in [4.78, 5) is 16.6. The molecule has 0 bridgehead atoms. The van der Waals surface area contributed by atoms with E-state index in [0.717, 1.165) is 101 Å². The van der Waals surface area contributed by atoms with Crippen LogP contribution in [-0.4, -0.2) is 0 Å². The molecule has 0 fully saturated rings. The molecule has 0 radical (unpaired) electrons. The number of hydrogen-bond donors (Lipinski definition) is 0. The minimum absolute atomic E-state index is 0.0293. The molecule has 0 heterocycles. The Labute approximate surface area is 685 Å². The predicted octanol–water partition coefficient (Wildman–Crippen LogP) is 30.6. The fourth-order valence-corrected chi connectivity index (χ4v) is 21.0. The lowest BCUT2D eigenvalue weighted by Crippen LogP contribution is -2.10. The zero-order valence-electron chi connectivity index (χ0n) is 67.9. The van der Waals surface area contributed by atoms with Gasteiger partial charge in [-0.25, -0.2) is 0 Å². The summed E-state index contributed by atoms with van der Waals surface area (Å²) in [5.74, 6) is 21.8. The van der Waals surface area contributed by atoms with Crippen LogP contribution < -0.4 is 0 Å². The minimum Gasteiger partial charge on any atom is -0.115 e. The van der Waals surface area contributed by atoms with Gasteiger partial charge in [0.2, 0.25) is 0 Å². The molecule has 10 rings (SSSR count). The summed E-state index contributed by atoms with van der Waals surface area (Å²) < 4.78 is 0. The summed E-state index contributed by atoms with van der Waals surface area (Å²) in [5.41, 5.74) is 13.0. The quantitative estimate of drug-likeness (QED) is 0.0867. The Balaban J connectivity index is 1.34. The van der Waals surface area contributed by atoms with E-state index in [-0.39, 0.29) is 43.3 Å². The van der Waals surface area contributed by atoms with Crippen molar-refractivity contribution in [3.63, 3.8) is 0 Å². The van der Waals surface area contributed by atoms with E-state index in [1.165, 1.54) is 44.5 Å². The predicted molar refractivity (Wildman–Crippen MR) is 477 cm³/mol. The SMILES string of the molecule is C#Cc1c(Sc2ccc(C(C)(C)C)cc2)c(C#CC#Cc2c(Sc3ccc(C(C)(C)C)cc3)c(C#C)c(Sc3ccc(C(C)(C)C)cc3)c(Sc3ccc(C(C)(C)C)cc3)c2Sc2ccc(C(C)(C)C)cc2)c(Sc2ccc(C(C)(C)C)cc2)c(Sc2ccc(C(C)(C)C)cc2)c1Sc1ccc(C(C)(C)C)cc1. The van der Waals surface area contributed by atoms with E-state index in [1.54, 1.807) is 94.1 Å². The highest BCUT2D eigenvalue weighted by molar-refractivity contribution is 8.05. The van der Waals surface area contributed by atoms with Crippen LogP contribution in [0.1, 0.15) is 233 Å². The molecule has 10 aromatic carbocycles. The number of hydrogen-bond acceptors (Lipinski definition) is 8. The molecule has 0 atom stereocenters. The van der Waals surface area contributed by atoms with Crippen LogP contribution in [0.4, 0.5) is 0 Å². The van der Waals surface area contributed by atoms with E-state index in [9.17, 15) is 0 Å². The first-order chi connectivity index (χ1) is 50.5. The van der Waals surface area contributed by atoms with E-state index in [1.807, 2.05) is 0 Å². The topological polar surface area (TPSA) is 0 Å². The molecule has 554 valence electrons. The van der Waals surface area contributed by atoms with Gasteiger partial charge in [0.05, 0.1) is 22.3 Å². The normalized spacial score (nSPS) is 12.4. The lowest BCUT2D eigenvalue weighted by atomic mass is 9.87. The average Bonchev–Trinajstić information content (AvgIpc) is 0.757. The third-order valence-electron chi connectivity index (χ3n) is 18.9. The number of benzene rings is 10. The van der Waals surface area contributed by atoms with Crippen LogP contribution in [0.3, 0.4) is 0 Å². The van der Waals surface area contributed by atoms with Gasteiger partial charge in [-0.1, -0.05) is 381 Å². The summed E-state index contributed by atoms with van der Waals surface area (Å²) in [5, 5.41) is 0.